The Balaban J connectivity index is 1.96. The molecule has 6 heteroatoms. The quantitative estimate of drug-likeness (QED) is 0.768. The van der Waals surface area contributed by atoms with Gasteiger partial charge in [0.2, 0.25) is 0 Å². The van der Waals surface area contributed by atoms with Crippen LogP contribution in [0.2, 0.25) is 0 Å². The molecule has 3 rings (SSSR count). The minimum Gasteiger partial charge on any atom is -0.393 e. The molecule has 1 amide bonds. The number of pyridine rings is 1. The van der Waals surface area contributed by atoms with Gasteiger partial charge in [0.1, 0.15) is 11.8 Å². The number of carbonyl (C=O) groups excluding carboxylic acids is 1. The number of allylic oxidation sites excluding steroid dienone is 4. The summed E-state index contributed by atoms with van der Waals surface area (Å²) in [4.78, 5) is 15.4. The number of nitrogens with two attached hydrogens (primary N) is 1. The molecular weight excluding hydrogens is 335 g/mol. The number of halogens is 1. The highest BCUT2D eigenvalue weighted by molar-refractivity contribution is 5.91. The molecule has 0 spiro atoms. The lowest BCUT2D eigenvalue weighted by Crippen LogP contribution is -2.23. The summed E-state index contributed by atoms with van der Waals surface area (Å²) in [5.41, 5.74) is 5.28. The summed E-state index contributed by atoms with van der Waals surface area (Å²) in [5.74, 6) is -0.831. The third kappa shape index (κ3) is 3.56. The number of primary amides is 1. The van der Waals surface area contributed by atoms with Crippen molar-refractivity contribution in [2.45, 2.75) is 18.2 Å². The predicted octanol–water partition coefficient (Wildman–Crippen LogP) is 2.41. The smallest absolute Gasteiger partial charge is 0.267 e. The summed E-state index contributed by atoms with van der Waals surface area (Å²) in [6.07, 6.45) is 3.63. The van der Waals surface area contributed by atoms with E-state index in [1.54, 1.807) is 12.2 Å². The Morgan fingerprint density at radius 2 is 2.04 bits per heavy atom. The van der Waals surface area contributed by atoms with Gasteiger partial charge >= 0.3 is 0 Å². The van der Waals surface area contributed by atoms with Crippen LogP contribution in [-0.2, 0) is 5.67 Å². The van der Waals surface area contributed by atoms with E-state index in [0.717, 1.165) is 11.1 Å². The number of benzene rings is 1. The van der Waals surface area contributed by atoms with Crippen LogP contribution in [-0.4, -0.2) is 27.7 Å². The van der Waals surface area contributed by atoms with Gasteiger partial charge < -0.3 is 15.9 Å². The van der Waals surface area contributed by atoms with Crippen LogP contribution in [0.1, 0.15) is 39.8 Å². The van der Waals surface area contributed by atoms with Crippen LogP contribution in [0.3, 0.4) is 0 Å². The second kappa shape index (κ2) is 7.19. The van der Waals surface area contributed by atoms with Gasteiger partial charge in [-0.1, -0.05) is 42.5 Å². The number of hydrogen-bond acceptors (Lipinski definition) is 4. The number of amides is 1. The number of alkyl halides is 1. The normalized spacial score (nSPS) is 20.5. The van der Waals surface area contributed by atoms with Crippen molar-refractivity contribution in [2.75, 3.05) is 6.61 Å². The van der Waals surface area contributed by atoms with Crippen molar-refractivity contribution in [3.63, 3.8) is 0 Å². The molecule has 1 aliphatic carbocycles. The summed E-state index contributed by atoms with van der Waals surface area (Å²) >= 11 is 0. The molecule has 2 unspecified atom stereocenters. The largest absolute Gasteiger partial charge is 0.393 e. The average Bonchev–Trinajstić information content (AvgIpc) is 2.68. The summed E-state index contributed by atoms with van der Waals surface area (Å²) < 4.78 is 15.5. The number of rotatable bonds is 5. The lowest BCUT2D eigenvalue weighted by molar-refractivity contribution is 0.0908. The van der Waals surface area contributed by atoms with Crippen molar-refractivity contribution < 1.29 is 19.4 Å². The third-order valence-corrected chi connectivity index (χ3v) is 4.35. The molecule has 0 fully saturated rings. The van der Waals surface area contributed by atoms with E-state index in [4.69, 9.17) is 10.8 Å². The van der Waals surface area contributed by atoms with Crippen LogP contribution in [0, 0.1) is 0 Å². The fourth-order valence-electron chi connectivity index (χ4n) is 2.86. The molecule has 4 N–H and O–H groups in total. The molecule has 0 radical (unpaired) electrons. The van der Waals surface area contributed by atoms with Crippen molar-refractivity contribution in [2.24, 2.45) is 5.73 Å². The number of aromatic nitrogens is 1. The SMILES string of the molecule is NC(=O)c1cc(C2(F)C=CC(c3ccccc3)=CC2)cc(C(O)CO)n1. The summed E-state index contributed by atoms with van der Waals surface area (Å²) in [7, 11) is 0. The number of carbonyl (C=O) groups is 1. The highest BCUT2D eigenvalue weighted by atomic mass is 19.1. The standard InChI is InChI=1S/C20H19FN2O3/c21-20(8-6-14(7-9-20)13-4-2-1-3-5-13)15-10-16(18(25)12-24)23-17(11-15)19(22)26/h1-8,10-11,18,24-25H,9,12H2,(H2,22,26). The fourth-order valence-corrected chi connectivity index (χ4v) is 2.86. The third-order valence-electron chi connectivity index (χ3n) is 4.35. The van der Waals surface area contributed by atoms with Crippen LogP contribution in [0.5, 0.6) is 0 Å². The number of hydrogen-bond donors (Lipinski definition) is 3. The molecule has 26 heavy (non-hydrogen) atoms. The van der Waals surface area contributed by atoms with E-state index in [-0.39, 0.29) is 23.4 Å². The van der Waals surface area contributed by atoms with Crippen molar-refractivity contribution in [3.8, 4) is 0 Å². The van der Waals surface area contributed by atoms with Crippen LogP contribution < -0.4 is 5.73 Å². The second-order valence-electron chi connectivity index (χ2n) is 6.15. The Morgan fingerprint density at radius 3 is 2.62 bits per heavy atom. The molecule has 0 saturated carbocycles. The Kier molecular flexibility index (Phi) is 4.97. The fraction of sp³-hybridized carbons (Fsp3) is 0.200. The molecular formula is C20H19FN2O3. The molecule has 1 heterocycles. The molecule has 2 aromatic rings. The number of nitrogens with zero attached hydrogens (tertiary/aromatic N) is 1. The molecule has 0 saturated heterocycles. The van der Waals surface area contributed by atoms with Crippen LogP contribution in [0.4, 0.5) is 4.39 Å². The Labute approximate surface area is 150 Å². The Bertz CT molecular complexity index is 880. The molecule has 1 aliphatic rings. The maximum Gasteiger partial charge on any atom is 0.267 e. The van der Waals surface area contributed by atoms with E-state index in [1.165, 1.54) is 18.2 Å². The first-order valence-electron chi connectivity index (χ1n) is 8.18. The highest BCUT2D eigenvalue weighted by Crippen LogP contribution is 2.38. The zero-order valence-corrected chi connectivity index (χ0v) is 14.0. The Hall–Kier alpha value is -2.83. The van der Waals surface area contributed by atoms with Crippen LogP contribution >= 0.6 is 0 Å². The molecule has 1 aromatic carbocycles. The summed E-state index contributed by atoms with van der Waals surface area (Å²) in [5, 5.41) is 18.9. The molecule has 0 aliphatic heterocycles. The molecule has 0 bridgehead atoms. The average molecular weight is 354 g/mol. The van der Waals surface area contributed by atoms with Gasteiger partial charge in [0.25, 0.3) is 5.91 Å². The first-order valence-corrected chi connectivity index (χ1v) is 8.18. The van der Waals surface area contributed by atoms with E-state index in [2.05, 4.69) is 4.98 Å². The van der Waals surface area contributed by atoms with Gasteiger partial charge in [-0.05, 0) is 34.9 Å². The minimum absolute atomic E-state index is 0.00191. The van der Waals surface area contributed by atoms with Gasteiger partial charge in [-0.3, -0.25) is 4.79 Å². The number of aliphatic hydroxyl groups excluding tert-OH is 2. The van der Waals surface area contributed by atoms with E-state index in [9.17, 15) is 9.90 Å². The molecule has 134 valence electrons. The topological polar surface area (TPSA) is 96.4 Å². The van der Waals surface area contributed by atoms with Gasteiger partial charge in [0.15, 0.2) is 5.67 Å². The lowest BCUT2D eigenvalue weighted by Gasteiger charge is -2.26. The van der Waals surface area contributed by atoms with Crippen molar-refractivity contribution in [3.05, 3.63) is 83.2 Å². The zero-order valence-electron chi connectivity index (χ0n) is 14.0. The van der Waals surface area contributed by atoms with Gasteiger partial charge in [-0.15, -0.1) is 0 Å². The van der Waals surface area contributed by atoms with Gasteiger partial charge in [-0.25, -0.2) is 9.37 Å². The predicted molar refractivity (Wildman–Crippen MR) is 95.8 cm³/mol. The van der Waals surface area contributed by atoms with Crippen LogP contribution in [0.25, 0.3) is 5.57 Å². The lowest BCUT2D eigenvalue weighted by atomic mass is 9.85. The van der Waals surface area contributed by atoms with E-state index >= 15 is 4.39 Å². The molecule has 5 nitrogen and oxygen atoms in total. The van der Waals surface area contributed by atoms with Gasteiger partial charge in [-0.2, -0.15) is 0 Å². The maximum absolute atomic E-state index is 15.5. The second-order valence-corrected chi connectivity index (χ2v) is 6.15. The van der Waals surface area contributed by atoms with Crippen molar-refractivity contribution in [1.82, 2.24) is 4.98 Å². The maximum atomic E-state index is 15.5. The van der Waals surface area contributed by atoms with E-state index in [1.807, 2.05) is 30.3 Å². The minimum atomic E-state index is -1.87. The zero-order chi connectivity index (χ0) is 18.7. The van der Waals surface area contributed by atoms with Gasteiger partial charge in [0, 0.05) is 6.42 Å². The summed E-state index contributed by atoms with van der Waals surface area (Å²) in [6.45, 7) is -0.595. The van der Waals surface area contributed by atoms with Crippen molar-refractivity contribution >= 4 is 11.5 Å². The first kappa shape index (κ1) is 18.0. The molecule has 2 atom stereocenters. The summed E-state index contributed by atoms with van der Waals surface area (Å²) in [6, 6.07) is 12.2. The highest BCUT2D eigenvalue weighted by Gasteiger charge is 2.32. The van der Waals surface area contributed by atoms with Crippen molar-refractivity contribution in [1.29, 1.82) is 0 Å². The van der Waals surface area contributed by atoms with Crippen LogP contribution in [0.15, 0.2) is 60.7 Å². The van der Waals surface area contributed by atoms with E-state index in [0.29, 0.717) is 0 Å². The number of aliphatic hydroxyl groups is 2. The first-order chi connectivity index (χ1) is 12.4. The molecule has 1 aromatic heterocycles. The Morgan fingerprint density at radius 1 is 1.31 bits per heavy atom. The van der Waals surface area contributed by atoms with Gasteiger partial charge in [0.05, 0.1) is 12.3 Å². The van der Waals surface area contributed by atoms with E-state index < -0.39 is 24.3 Å². The monoisotopic (exact) mass is 354 g/mol.